The summed E-state index contributed by atoms with van der Waals surface area (Å²) in [7, 11) is 1.55. The quantitative estimate of drug-likeness (QED) is 0.673. The number of benzene rings is 2. The van der Waals surface area contributed by atoms with Crippen LogP contribution in [0.25, 0.3) is 12.2 Å². The highest BCUT2D eigenvalue weighted by Crippen LogP contribution is 2.35. The van der Waals surface area contributed by atoms with Gasteiger partial charge in [-0.2, -0.15) is 13.2 Å². The van der Waals surface area contributed by atoms with Crippen LogP contribution in [0.3, 0.4) is 0 Å². The van der Waals surface area contributed by atoms with Crippen molar-refractivity contribution >= 4 is 17.9 Å². The maximum Gasteiger partial charge on any atom is 0.416 e. The largest absolute Gasteiger partial charge is 0.496 e. The molecule has 2 aromatic rings. The third-order valence-electron chi connectivity index (χ3n) is 4.31. The predicted octanol–water partition coefficient (Wildman–Crippen LogP) is 5.54. The van der Waals surface area contributed by atoms with Crippen molar-refractivity contribution in [1.29, 1.82) is 0 Å². The maximum atomic E-state index is 13.1. The molecule has 0 spiro atoms. The maximum absolute atomic E-state index is 13.1. The summed E-state index contributed by atoms with van der Waals surface area (Å²) in [5.74, 6) is 0.431. The molecular formula is C21H17F3O2. The minimum absolute atomic E-state index is 0.0156. The number of ketones is 1. The Morgan fingerprint density at radius 3 is 2.04 bits per heavy atom. The molecule has 0 atom stereocenters. The fraction of sp³-hybridized carbons (Fsp3) is 0.190. The lowest BCUT2D eigenvalue weighted by atomic mass is 10.0. The van der Waals surface area contributed by atoms with E-state index >= 15 is 0 Å². The second kappa shape index (κ2) is 7.20. The van der Waals surface area contributed by atoms with Crippen LogP contribution < -0.4 is 4.74 Å². The van der Waals surface area contributed by atoms with Crippen LogP contribution in [-0.2, 0) is 11.0 Å². The summed E-state index contributed by atoms with van der Waals surface area (Å²) in [6.45, 7) is 0. The molecule has 1 saturated carbocycles. The predicted molar refractivity (Wildman–Crippen MR) is 94.6 cm³/mol. The number of methoxy groups -OCH3 is 1. The van der Waals surface area contributed by atoms with Crippen molar-refractivity contribution in [2.24, 2.45) is 0 Å². The summed E-state index contributed by atoms with van der Waals surface area (Å²) in [5.41, 5.74) is 1.02. The van der Waals surface area contributed by atoms with Crippen LogP contribution in [0.2, 0.25) is 0 Å². The Kier molecular flexibility index (Phi) is 4.98. The molecule has 0 radical (unpaired) electrons. The molecule has 1 aliphatic carbocycles. The van der Waals surface area contributed by atoms with Gasteiger partial charge in [-0.25, -0.2) is 0 Å². The number of halogens is 3. The van der Waals surface area contributed by atoms with Crippen molar-refractivity contribution < 1.29 is 22.7 Å². The van der Waals surface area contributed by atoms with Gasteiger partial charge in [-0.3, -0.25) is 4.79 Å². The summed E-state index contributed by atoms with van der Waals surface area (Å²) < 4.78 is 44.7. The van der Waals surface area contributed by atoms with Crippen molar-refractivity contribution in [3.8, 4) is 5.75 Å². The van der Waals surface area contributed by atoms with E-state index in [2.05, 4.69) is 0 Å². The molecule has 0 amide bonds. The monoisotopic (exact) mass is 358 g/mol. The van der Waals surface area contributed by atoms with E-state index in [9.17, 15) is 18.0 Å². The van der Waals surface area contributed by atoms with Gasteiger partial charge in [-0.15, -0.1) is 0 Å². The summed E-state index contributed by atoms with van der Waals surface area (Å²) in [6.07, 6.45) is -0.430. The molecule has 1 fully saturated rings. The second-order valence-corrected chi connectivity index (χ2v) is 6.00. The number of rotatable bonds is 3. The third kappa shape index (κ3) is 3.72. The smallest absolute Gasteiger partial charge is 0.416 e. The summed E-state index contributed by atoms with van der Waals surface area (Å²) in [4.78, 5) is 12.6. The minimum Gasteiger partial charge on any atom is -0.496 e. The zero-order chi connectivity index (χ0) is 18.7. The lowest BCUT2D eigenvalue weighted by molar-refractivity contribution is -0.137. The highest BCUT2D eigenvalue weighted by Gasteiger charge is 2.33. The number of alkyl halides is 3. The first kappa shape index (κ1) is 18.0. The second-order valence-electron chi connectivity index (χ2n) is 6.00. The molecule has 0 N–H and O–H groups in total. The van der Waals surface area contributed by atoms with Crippen molar-refractivity contribution in [2.45, 2.75) is 19.0 Å². The number of Topliss-reactive ketones (excluding diaryl/α,β-unsaturated/α-hetero) is 1. The number of para-hydroxylation sites is 1. The van der Waals surface area contributed by atoms with Gasteiger partial charge in [0.25, 0.3) is 0 Å². The number of hydrogen-bond acceptors (Lipinski definition) is 2. The van der Waals surface area contributed by atoms with E-state index in [1.54, 1.807) is 19.3 Å². The van der Waals surface area contributed by atoms with Crippen LogP contribution in [-0.4, -0.2) is 12.9 Å². The van der Waals surface area contributed by atoms with Crippen molar-refractivity contribution in [2.75, 3.05) is 7.11 Å². The molecule has 0 heterocycles. The molecule has 134 valence electrons. The summed E-state index contributed by atoms with van der Waals surface area (Å²) >= 11 is 0. The average molecular weight is 358 g/mol. The number of hydrogen-bond donors (Lipinski definition) is 0. The molecule has 0 saturated heterocycles. The van der Waals surface area contributed by atoms with Gasteiger partial charge in [-0.05, 0) is 42.7 Å². The van der Waals surface area contributed by atoms with Gasteiger partial charge in [0, 0.05) is 16.7 Å². The molecule has 0 aliphatic heterocycles. The zero-order valence-electron chi connectivity index (χ0n) is 14.1. The Morgan fingerprint density at radius 2 is 1.42 bits per heavy atom. The summed E-state index contributed by atoms with van der Waals surface area (Å²) in [6, 6.07) is 12.6. The lowest BCUT2D eigenvalue weighted by Crippen LogP contribution is -2.07. The Morgan fingerprint density at radius 1 is 0.885 bits per heavy atom. The molecule has 2 aromatic carbocycles. The molecule has 3 rings (SSSR count). The third-order valence-corrected chi connectivity index (χ3v) is 4.31. The molecule has 0 bridgehead atoms. The number of carbonyl (C=O) groups excluding carboxylic acids is 1. The van der Waals surface area contributed by atoms with Crippen molar-refractivity contribution in [1.82, 2.24) is 0 Å². The molecule has 5 heteroatoms. The van der Waals surface area contributed by atoms with Crippen LogP contribution in [0.5, 0.6) is 5.75 Å². The van der Waals surface area contributed by atoms with Crippen LogP contribution >= 0.6 is 0 Å². The number of ether oxygens (including phenoxy) is 1. The van der Waals surface area contributed by atoms with E-state index in [0.717, 1.165) is 11.6 Å². The fourth-order valence-corrected chi connectivity index (χ4v) is 3.02. The molecule has 0 unspecified atom stereocenters. The molecule has 0 aromatic heterocycles. The average Bonchev–Trinajstić information content (AvgIpc) is 2.95. The Labute approximate surface area is 149 Å². The van der Waals surface area contributed by atoms with E-state index in [4.69, 9.17) is 4.74 Å². The molecule has 2 nitrogen and oxygen atoms in total. The Balaban J connectivity index is 1.93. The Hall–Kier alpha value is -2.82. The first-order chi connectivity index (χ1) is 12.4. The van der Waals surface area contributed by atoms with Crippen LogP contribution in [0.4, 0.5) is 13.2 Å². The first-order valence-corrected chi connectivity index (χ1v) is 8.15. The van der Waals surface area contributed by atoms with Gasteiger partial charge in [0.2, 0.25) is 0 Å². The van der Waals surface area contributed by atoms with Gasteiger partial charge in [0.1, 0.15) is 5.75 Å². The number of carbonyl (C=O) groups is 1. The van der Waals surface area contributed by atoms with Crippen LogP contribution in [0, 0.1) is 0 Å². The van der Waals surface area contributed by atoms with Gasteiger partial charge in [0.15, 0.2) is 5.78 Å². The standard InChI is InChI=1S/C21H17F3O2/c1-26-19-9-5-3-7-15(19)13-17-11-10-16(20(17)25)12-14-6-2-4-8-18(14)21(22,23)24/h2-9,12-13H,10-11H2,1H3. The van der Waals surface area contributed by atoms with Gasteiger partial charge in [0.05, 0.1) is 12.7 Å². The minimum atomic E-state index is -4.45. The van der Waals surface area contributed by atoms with Crippen LogP contribution in [0.15, 0.2) is 59.7 Å². The SMILES string of the molecule is COc1ccccc1C=C1CCC(=Cc2ccccc2C(F)(F)F)C1=O. The van der Waals surface area contributed by atoms with Gasteiger partial charge in [-0.1, -0.05) is 36.4 Å². The Bertz CT molecular complexity index is 892. The van der Waals surface area contributed by atoms with Gasteiger partial charge >= 0.3 is 6.18 Å². The van der Waals surface area contributed by atoms with E-state index in [1.807, 2.05) is 18.2 Å². The van der Waals surface area contributed by atoms with Crippen molar-refractivity contribution in [3.63, 3.8) is 0 Å². The number of allylic oxidation sites excluding steroid dienone is 2. The van der Waals surface area contributed by atoms with Crippen LogP contribution in [0.1, 0.15) is 29.5 Å². The van der Waals surface area contributed by atoms with E-state index in [0.29, 0.717) is 29.7 Å². The molecule has 26 heavy (non-hydrogen) atoms. The molecule has 1 aliphatic rings. The first-order valence-electron chi connectivity index (χ1n) is 8.15. The van der Waals surface area contributed by atoms with E-state index in [1.165, 1.54) is 24.3 Å². The van der Waals surface area contributed by atoms with Crippen molar-refractivity contribution in [3.05, 3.63) is 76.4 Å². The van der Waals surface area contributed by atoms with E-state index in [-0.39, 0.29) is 11.3 Å². The lowest BCUT2D eigenvalue weighted by Gasteiger charge is -2.10. The normalized spacial score (nSPS) is 17.9. The highest BCUT2D eigenvalue weighted by molar-refractivity contribution is 6.15. The van der Waals surface area contributed by atoms with Gasteiger partial charge < -0.3 is 4.74 Å². The highest BCUT2D eigenvalue weighted by atomic mass is 19.4. The van der Waals surface area contributed by atoms with E-state index < -0.39 is 11.7 Å². The summed E-state index contributed by atoms with van der Waals surface area (Å²) in [5, 5.41) is 0. The zero-order valence-corrected chi connectivity index (χ0v) is 14.1. The molecular weight excluding hydrogens is 341 g/mol. The topological polar surface area (TPSA) is 26.3 Å². The fourth-order valence-electron chi connectivity index (χ4n) is 3.02.